The van der Waals surface area contributed by atoms with Crippen LogP contribution < -0.4 is 10.9 Å². The summed E-state index contributed by atoms with van der Waals surface area (Å²) in [5, 5.41) is 12.1. The monoisotopic (exact) mass is 689 g/mol. The van der Waals surface area contributed by atoms with Gasteiger partial charge in [-0.2, -0.15) is 13.2 Å². The van der Waals surface area contributed by atoms with Gasteiger partial charge in [0, 0.05) is 29.9 Å². The van der Waals surface area contributed by atoms with Crippen LogP contribution in [0.5, 0.6) is 0 Å². The Morgan fingerprint density at radius 2 is 1.67 bits per heavy atom. The zero-order valence-electron chi connectivity index (χ0n) is 27.5. The minimum Gasteiger partial charge on any atom is -0.481 e. The van der Waals surface area contributed by atoms with E-state index < -0.39 is 76.3 Å². The van der Waals surface area contributed by atoms with Gasteiger partial charge in [0.05, 0.1) is 23.6 Å². The fraction of sp³-hybridized carbons (Fsp3) is 0.417. The standard InChI is InChI=1S/C36H37F6N3O4/c1-6-22-15-25(31-20(4)13-24(37)14-21(31)5)34(39)32(33(22)38)27(17-30(47)48)43-35(49)28(12-19(2)3)45-18-23(8-11-44-9-7-10-44)26(16-29(45)46)36(40,41)42/h1,13-16,18-19,27-28H,7-12,17H2,2-5H3,(H,43,49)(H,47,48)/t27-,28+/m1/s1. The van der Waals surface area contributed by atoms with Gasteiger partial charge < -0.3 is 19.9 Å². The number of nitrogens with one attached hydrogen (secondary N) is 1. The maximum Gasteiger partial charge on any atom is 0.416 e. The van der Waals surface area contributed by atoms with Crippen LogP contribution in [0.4, 0.5) is 26.3 Å². The van der Waals surface area contributed by atoms with Crippen molar-refractivity contribution in [2.24, 2.45) is 5.92 Å². The van der Waals surface area contributed by atoms with Crippen LogP contribution in [0.15, 0.2) is 35.3 Å². The van der Waals surface area contributed by atoms with Crippen molar-refractivity contribution in [3.05, 3.63) is 91.6 Å². The highest BCUT2D eigenvalue weighted by Gasteiger charge is 2.37. The van der Waals surface area contributed by atoms with E-state index in [4.69, 9.17) is 6.42 Å². The highest BCUT2D eigenvalue weighted by Crippen LogP contribution is 2.38. The van der Waals surface area contributed by atoms with Crippen LogP contribution in [-0.2, 0) is 22.2 Å². The van der Waals surface area contributed by atoms with Gasteiger partial charge in [-0.05, 0) is 92.6 Å². The smallest absolute Gasteiger partial charge is 0.416 e. The molecule has 1 fully saturated rings. The third-order valence-corrected chi connectivity index (χ3v) is 8.65. The van der Waals surface area contributed by atoms with Crippen LogP contribution in [-0.4, -0.2) is 46.1 Å². The second-order valence-corrected chi connectivity index (χ2v) is 12.8. The van der Waals surface area contributed by atoms with E-state index in [1.165, 1.54) is 13.8 Å². The van der Waals surface area contributed by atoms with Crippen LogP contribution in [0.3, 0.4) is 0 Å². The molecule has 49 heavy (non-hydrogen) atoms. The molecule has 1 aliphatic rings. The van der Waals surface area contributed by atoms with Crippen LogP contribution in [0.25, 0.3) is 11.1 Å². The predicted octanol–water partition coefficient (Wildman–Crippen LogP) is 6.72. The summed E-state index contributed by atoms with van der Waals surface area (Å²) in [5.41, 5.74) is -3.32. The lowest BCUT2D eigenvalue weighted by atomic mass is 9.89. The molecule has 2 aromatic carbocycles. The molecule has 2 heterocycles. The van der Waals surface area contributed by atoms with Gasteiger partial charge in [-0.25, -0.2) is 13.2 Å². The van der Waals surface area contributed by atoms with Gasteiger partial charge in [0.2, 0.25) is 5.91 Å². The first-order chi connectivity index (χ1) is 22.9. The molecule has 0 spiro atoms. The van der Waals surface area contributed by atoms with Gasteiger partial charge >= 0.3 is 12.1 Å². The highest BCUT2D eigenvalue weighted by atomic mass is 19.4. The van der Waals surface area contributed by atoms with Gasteiger partial charge in [0.25, 0.3) is 5.56 Å². The number of benzene rings is 2. The molecule has 1 aliphatic heterocycles. The molecule has 0 radical (unpaired) electrons. The topological polar surface area (TPSA) is 91.6 Å². The number of carboxylic acid groups (broad SMARTS) is 1. The molecule has 13 heteroatoms. The molecule has 1 aromatic heterocycles. The molecular weight excluding hydrogens is 652 g/mol. The number of carboxylic acids is 1. The van der Waals surface area contributed by atoms with E-state index in [2.05, 4.69) is 11.2 Å². The fourth-order valence-electron chi connectivity index (χ4n) is 6.23. The number of likely N-dealkylation sites (tertiary alicyclic amines) is 1. The van der Waals surface area contributed by atoms with Crippen molar-refractivity contribution >= 4 is 11.9 Å². The summed E-state index contributed by atoms with van der Waals surface area (Å²) in [6.07, 6.45) is 1.41. The van der Waals surface area contributed by atoms with E-state index in [1.807, 2.05) is 4.90 Å². The maximum atomic E-state index is 16.4. The number of aliphatic carboxylic acids is 1. The number of carbonyl (C=O) groups excluding carboxylic acids is 1. The summed E-state index contributed by atoms with van der Waals surface area (Å²) in [4.78, 5) is 41.1. The number of aryl methyl sites for hydroxylation is 2. The summed E-state index contributed by atoms with van der Waals surface area (Å²) < 4.78 is 89.2. The third kappa shape index (κ3) is 8.36. The summed E-state index contributed by atoms with van der Waals surface area (Å²) in [6.45, 7) is 8.13. The number of hydrogen-bond donors (Lipinski definition) is 2. The van der Waals surface area contributed by atoms with Crippen LogP contribution in [0.1, 0.15) is 78.6 Å². The highest BCUT2D eigenvalue weighted by molar-refractivity contribution is 5.82. The molecule has 0 aliphatic carbocycles. The molecule has 2 atom stereocenters. The van der Waals surface area contributed by atoms with Crippen LogP contribution in [0, 0.1) is 49.6 Å². The molecule has 7 nitrogen and oxygen atoms in total. The van der Waals surface area contributed by atoms with Gasteiger partial charge in [0.15, 0.2) is 0 Å². The Bertz CT molecular complexity index is 1830. The van der Waals surface area contributed by atoms with E-state index in [-0.39, 0.29) is 46.6 Å². The SMILES string of the molecule is C#Cc1cc(-c2c(C)cc(F)cc2C)c(F)c([C@@H](CC(=O)O)NC(=O)[C@H](CC(C)C)n2cc(CCN3CCC3)c(C(F)(F)F)cc2=O)c1F. The zero-order chi connectivity index (χ0) is 36.4. The van der Waals surface area contributed by atoms with E-state index in [9.17, 15) is 37.1 Å². The Morgan fingerprint density at radius 1 is 1.04 bits per heavy atom. The fourth-order valence-corrected chi connectivity index (χ4v) is 6.23. The van der Waals surface area contributed by atoms with Crippen molar-refractivity contribution in [2.45, 2.75) is 71.6 Å². The minimum atomic E-state index is -4.85. The van der Waals surface area contributed by atoms with E-state index in [1.54, 1.807) is 13.8 Å². The summed E-state index contributed by atoms with van der Waals surface area (Å²) in [7, 11) is 0. The summed E-state index contributed by atoms with van der Waals surface area (Å²) in [6, 6.07) is 0.378. The van der Waals surface area contributed by atoms with E-state index in [0.717, 1.165) is 48.5 Å². The first kappa shape index (κ1) is 37.3. The number of amides is 1. The number of rotatable bonds is 12. The van der Waals surface area contributed by atoms with Crippen molar-refractivity contribution in [3.63, 3.8) is 0 Å². The van der Waals surface area contributed by atoms with E-state index in [0.29, 0.717) is 12.6 Å². The van der Waals surface area contributed by atoms with Crippen molar-refractivity contribution in [1.82, 2.24) is 14.8 Å². The lowest BCUT2D eigenvalue weighted by molar-refractivity contribution is -0.139. The predicted molar refractivity (Wildman–Crippen MR) is 171 cm³/mol. The van der Waals surface area contributed by atoms with Crippen molar-refractivity contribution in [1.29, 1.82) is 0 Å². The maximum absolute atomic E-state index is 16.4. The van der Waals surface area contributed by atoms with Crippen LogP contribution >= 0.6 is 0 Å². The number of halogens is 6. The largest absolute Gasteiger partial charge is 0.481 e. The second kappa shape index (κ2) is 14.9. The molecule has 1 amide bonds. The molecule has 3 aromatic rings. The molecule has 0 saturated carbocycles. The van der Waals surface area contributed by atoms with Crippen molar-refractivity contribution in [2.75, 3.05) is 19.6 Å². The Labute approximate surface area is 279 Å². The lowest BCUT2D eigenvalue weighted by Crippen LogP contribution is -2.41. The average Bonchev–Trinajstić information content (AvgIpc) is 2.95. The molecule has 1 saturated heterocycles. The third-order valence-electron chi connectivity index (χ3n) is 8.65. The average molecular weight is 690 g/mol. The Morgan fingerprint density at radius 3 is 2.18 bits per heavy atom. The van der Waals surface area contributed by atoms with Gasteiger partial charge in [0.1, 0.15) is 23.5 Å². The first-order valence-corrected chi connectivity index (χ1v) is 15.7. The Hall–Kier alpha value is -4.57. The number of carbonyl (C=O) groups is 2. The van der Waals surface area contributed by atoms with Crippen molar-refractivity contribution < 1.29 is 41.0 Å². The number of alkyl halides is 3. The molecule has 0 unspecified atom stereocenters. The van der Waals surface area contributed by atoms with Crippen LogP contribution in [0.2, 0.25) is 0 Å². The summed E-state index contributed by atoms with van der Waals surface area (Å²) in [5.74, 6) is -3.96. The first-order valence-electron chi connectivity index (χ1n) is 15.7. The Kier molecular flexibility index (Phi) is 11.3. The van der Waals surface area contributed by atoms with Gasteiger partial charge in [-0.15, -0.1) is 6.42 Å². The summed E-state index contributed by atoms with van der Waals surface area (Å²) >= 11 is 0. The van der Waals surface area contributed by atoms with E-state index >= 15 is 8.78 Å². The molecule has 262 valence electrons. The number of nitrogens with zero attached hydrogens (tertiary/aromatic N) is 2. The number of terminal acetylenes is 1. The Balaban J connectivity index is 1.84. The number of aromatic nitrogens is 1. The molecule has 2 N–H and O–H groups in total. The van der Waals surface area contributed by atoms with Gasteiger partial charge in [-0.1, -0.05) is 19.8 Å². The molecule has 0 bridgehead atoms. The van der Waals surface area contributed by atoms with Crippen molar-refractivity contribution in [3.8, 4) is 23.5 Å². The number of pyridine rings is 1. The normalized spacial score (nSPS) is 14.7. The molecular formula is C36H37F6N3O4. The van der Waals surface area contributed by atoms with Gasteiger partial charge in [-0.3, -0.25) is 14.4 Å². The quantitative estimate of drug-likeness (QED) is 0.163. The zero-order valence-corrected chi connectivity index (χ0v) is 27.5. The number of hydrogen-bond acceptors (Lipinski definition) is 4. The lowest BCUT2D eigenvalue weighted by Gasteiger charge is -2.31. The minimum absolute atomic E-state index is 0.0624. The molecule has 4 rings (SSSR count). The second-order valence-electron chi connectivity index (χ2n) is 12.8.